The number of nitrogens with zero attached hydrogens (tertiary/aromatic N) is 2. The van der Waals surface area contributed by atoms with Crippen LogP contribution in [0.25, 0.3) is 0 Å². The molecule has 44 heavy (non-hydrogen) atoms. The van der Waals surface area contributed by atoms with Gasteiger partial charge in [-0.15, -0.1) is 0 Å². The maximum absolute atomic E-state index is 13.2. The molecule has 1 atom stereocenters. The molecule has 10 heteroatoms. The number of amides is 3. The van der Waals surface area contributed by atoms with Crippen molar-refractivity contribution in [3.05, 3.63) is 89.0 Å². The van der Waals surface area contributed by atoms with E-state index in [4.69, 9.17) is 18.9 Å². The van der Waals surface area contributed by atoms with Gasteiger partial charge in [0.1, 0.15) is 6.61 Å². The summed E-state index contributed by atoms with van der Waals surface area (Å²) in [6.07, 6.45) is 0.381. The van der Waals surface area contributed by atoms with E-state index in [-0.39, 0.29) is 18.5 Å². The van der Waals surface area contributed by atoms with Gasteiger partial charge in [0.2, 0.25) is 6.10 Å². The highest BCUT2D eigenvalue weighted by Gasteiger charge is 2.34. The van der Waals surface area contributed by atoms with Gasteiger partial charge in [-0.25, -0.2) is 14.4 Å². The summed E-state index contributed by atoms with van der Waals surface area (Å²) >= 11 is 0. The van der Waals surface area contributed by atoms with Gasteiger partial charge in [-0.05, 0) is 60.6 Å². The Labute approximate surface area is 257 Å². The third kappa shape index (κ3) is 7.24. The summed E-state index contributed by atoms with van der Waals surface area (Å²) in [7, 11) is 2.83. The predicted molar refractivity (Wildman–Crippen MR) is 165 cm³/mol. The number of nitrogens with one attached hydrogen (secondary N) is 1. The number of urea groups is 1. The minimum atomic E-state index is -1.14. The van der Waals surface area contributed by atoms with Gasteiger partial charge in [0, 0.05) is 37.8 Å². The molecule has 0 spiro atoms. The standard InChI is InChI=1S/C34H39N3O7/c1-23-19-25(20-29(41-2)31(23)43-22-24-9-5-4-6-10-24)21-30(32(38)42-3)44-34(40)36-16-14-27(15-17-36)37-18-13-26-11-7-8-12-28(26)35-33(37)39/h4-12,19-20,27,30H,13-18,21-22H2,1-3H3,(H,35,39)/t30-/m1/s1. The molecule has 10 nitrogen and oxygen atoms in total. The van der Waals surface area contributed by atoms with Crippen LogP contribution in [-0.2, 0) is 33.7 Å². The number of benzene rings is 3. The van der Waals surface area contributed by atoms with E-state index in [0.29, 0.717) is 50.6 Å². The second-order valence-corrected chi connectivity index (χ2v) is 11.1. The monoisotopic (exact) mass is 601 g/mol. The molecule has 1 N–H and O–H groups in total. The molecule has 1 fully saturated rings. The average Bonchev–Trinajstić information content (AvgIpc) is 3.21. The predicted octanol–water partition coefficient (Wildman–Crippen LogP) is 5.36. The lowest BCUT2D eigenvalue weighted by Crippen LogP contribution is -2.50. The maximum Gasteiger partial charge on any atom is 0.410 e. The Kier molecular flexibility index (Phi) is 9.89. The molecular weight excluding hydrogens is 562 g/mol. The lowest BCUT2D eigenvalue weighted by molar-refractivity contribution is -0.151. The van der Waals surface area contributed by atoms with Crippen molar-refractivity contribution in [1.29, 1.82) is 0 Å². The number of aryl methyl sites for hydroxylation is 1. The van der Waals surface area contributed by atoms with Crippen molar-refractivity contribution < 1.29 is 33.3 Å². The van der Waals surface area contributed by atoms with E-state index in [2.05, 4.69) is 5.32 Å². The Balaban J connectivity index is 1.19. The molecule has 2 aliphatic heterocycles. The minimum Gasteiger partial charge on any atom is -0.493 e. The number of fused-ring (bicyclic) bond motifs is 1. The van der Waals surface area contributed by atoms with Gasteiger partial charge in [0.25, 0.3) is 0 Å². The SMILES string of the molecule is COC(=O)[C@@H](Cc1cc(C)c(OCc2ccccc2)c(OC)c1)OC(=O)N1CCC(N2CCc3ccccc3NC2=O)CC1. The van der Waals surface area contributed by atoms with Gasteiger partial charge in [-0.3, -0.25) is 0 Å². The highest BCUT2D eigenvalue weighted by molar-refractivity contribution is 5.91. The molecule has 3 amide bonds. The average molecular weight is 602 g/mol. The Bertz CT molecular complexity index is 1470. The molecule has 0 radical (unpaired) electrons. The number of piperidine rings is 1. The van der Waals surface area contributed by atoms with Crippen LogP contribution in [0.1, 0.15) is 35.1 Å². The molecule has 0 unspecified atom stereocenters. The Morgan fingerprint density at radius 3 is 2.41 bits per heavy atom. The molecule has 0 aromatic heterocycles. The third-order valence-corrected chi connectivity index (χ3v) is 8.18. The van der Waals surface area contributed by atoms with Crippen molar-refractivity contribution in [2.75, 3.05) is 39.2 Å². The minimum absolute atomic E-state index is 0.00262. The number of likely N-dealkylation sites (tertiary alicyclic amines) is 1. The topological polar surface area (TPSA) is 107 Å². The van der Waals surface area contributed by atoms with Crippen LogP contribution in [0.5, 0.6) is 11.5 Å². The van der Waals surface area contributed by atoms with Gasteiger partial charge >= 0.3 is 18.1 Å². The van der Waals surface area contributed by atoms with Crippen LogP contribution in [0.4, 0.5) is 15.3 Å². The van der Waals surface area contributed by atoms with E-state index in [9.17, 15) is 14.4 Å². The number of ether oxygens (including phenoxy) is 4. The first-order chi connectivity index (χ1) is 21.4. The zero-order valence-electron chi connectivity index (χ0n) is 25.4. The largest absolute Gasteiger partial charge is 0.493 e. The second kappa shape index (κ2) is 14.2. The molecular formula is C34H39N3O7. The molecule has 3 aromatic rings. The first kappa shape index (κ1) is 30.7. The van der Waals surface area contributed by atoms with E-state index >= 15 is 0 Å². The number of para-hydroxylation sites is 1. The molecule has 0 saturated carbocycles. The summed E-state index contributed by atoms with van der Waals surface area (Å²) in [5, 5.41) is 3.02. The number of esters is 1. The van der Waals surface area contributed by atoms with Gasteiger partial charge in [-0.2, -0.15) is 0 Å². The fourth-order valence-electron chi connectivity index (χ4n) is 5.81. The summed E-state index contributed by atoms with van der Waals surface area (Å²) < 4.78 is 22.3. The van der Waals surface area contributed by atoms with Crippen LogP contribution < -0.4 is 14.8 Å². The van der Waals surface area contributed by atoms with E-state index in [1.54, 1.807) is 18.1 Å². The van der Waals surface area contributed by atoms with E-state index in [1.807, 2.05) is 72.5 Å². The van der Waals surface area contributed by atoms with Crippen LogP contribution in [0, 0.1) is 6.92 Å². The van der Waals surface area contributed by atoms with Crippen LogP contribution in [0.15, 0.2) is 66.7 Å². The van der Waals surface area contributed by atoms with Crippen molar-refractivity contribution in [2.24, 2.45) is 0 Å². The zero-order chi connectivity index (χ0) is 31.1. The number of anilines is 1. The highest BCUT2D eigenvalue weighted by Crippen LogP contribution is 2.34. The van der Waals surface area contributed by atoms with E-state index in [1.165, 1.54) is 7.11 Å². The third-order valence-electron chi connectivity index (χ3n) is 8.18. The van der Waals surface area contributed by atoms with E-state index < -0.39 is 18.2 Å². The van der Waals surface area contributed by atoms with Crippen molar-refractivity contribution in [2.45, 2.75) is 51.4 Å². The summed E-state index contributed by atoms with van der Waals surface area (Å²) in [5.41, 5.74) is 4.55. The number of rotatable bonds is 9. The fraction of sp³-hybridized carbons (Fsp3) is 0.382. The van der Waals surface area contributed by atoms with Crippen LogP contribution >= 0.6 is 0 Å². The molecule has 2 heterocycles. The lowest BCUT2D eigenvalue weighted by Gasteiger charge is -2.37. The molecule has 0 bridgehead atoms. The van der Waals surface area contributed by atoms with Gasteiger partial charge in [0.15, 0.2) is 11.5 Å². The Hall–Kier alpha value is -4.73. The smallest absolute Gasteiger partial charge is 0.410 e. The van der Waals surface area contributed by atoms with Crippen molar-refractivity contribution >= 4 is 23.8 Å². The van der Waals surface area contributed by atoms with Crippen LogP contribution in [-0.4, -0.2) is 73.9 Å². The molecule has 3 aromatic carbocycles. The van der Waals surface area contributed by atoms with Gasteiger partial charge in [-0.1, -0.05) is 54.6 Å². The zero-order valence-corrected chi connectivity index (χ0v) is 25.4. The van der Waals surface area contributed by atoms with Crippen molar-refractivity contribution in [3.8, 4) is 11.5 Å². The normalized spacial score (nSPS) is 15.8. The molecule has 0 aliphatic carbocycles. The number of carbonyl (C=O) groups excluding carboxylic acids is 3. The first-order valence-electron chi connectivity index (χ1n) is 14.9. The van der Waals surface area contributed by atoms with Gasteiger partial charge in [0.05, 0.1) is 14.2 Å². The quantitative estimate of drug-likeness (QED) is 0.329. The molecule has 2 aliphatic rings. The van der Waals surface area contributed by atoms with Crippen molar-refractivity contribution in [1.82, 2.24) is 9.80 Å². The second-order valence-electron chi connectivity index (χ2n) is 11.1. The van der Waals surface area contributed by atoms with Crippen LogP contribution in [0.2, 0.25) is 0 Å². The number of hydrogen-bond donors (Lipinski definition) is 1. The number of methoxy groups -OCH3 is 2. The fourth-order valence-corrected chi connectivity index (χ4v) is 5.81. The maximum atomic E-state index is 13.2. The van der Waals surface area contributed by atoms with Gasteiger partial charge < -0.3 is 34.1 Å². The summed E-state index contributed by atoms with van der Waals surface area (Å²) in [5.74, 6) is 0.486. The lowest BCUT2D eigenvalue weighted by atomic mass is 10.0. The summed E-state index contributed by atoms with van der Waals surface area (Å²) in [6.45, 7) is 3.72. The highest BCUT2D eigenvalue weighted by atomic mass is 16.6. The number of hydrogen-bond acceptors (Lipinski definition) is 7. The Morgan fingerprint density at radius 1 is 0.955 bits per heavy atom. The molecule has 232 valence electrons. The summed E-state index contributed by atoms with van der Waals surface area (Å²) in [4.78, 5) is 42.3. The molecule has 5 rings (SSSR count). The number of carbonyl (C=O) groups is 3. The van der Waals surface area contributed by atoms with Crippen LogP contribution in [0.3, 0.4) is 0 Å². The molecule has 1 saturated heterocycles. The Morgan fingerprint density at radius 2 is 1.68 bits per heavy atom. The summed E-state index contributed by atoms with van der Waals surface area (Å²) in [6, 6.07) is 21.2. The van der Waals surface area contributed by atoms with Crippen molar-refractivity contribution in [3.63, 3.8) is 0 Å². The van der Waals surface area contributed by atoms with E-state index in [0.717, 1.165) is 34.4 Å². The first-order valence-corrected chi connectivity index (χ1v) is 14.9.